The van der Waals surface area contributed by atoms with E-state index in [0.29, 0.717) is 16.3 Å². The van der Waals surface area contributed by atoms with Crippen molar-refractivity contribution < 1.29 is 14.6 Å². The van der Waals surface area contributed by atoms with E-state index < -0.39 is 0 Å². The van der Waals surface area contributed by atoms with Crippen molar-refractivity contribution in [1.29, 1.82) is 0 Å². The van der Waals surface area contributed by atoms with Gasteiger partial charge in [0.25, 0.3) is 0 Å². The molecule has 0 amide bonds. The molecule has 0 aromatic heterocycles. The Hall–Kier alpha value is -0.710. The summed E-state index contributed by atoms with van der Waals surface area (Å²) in [5.74, 6) is 1.44. The molecule has 1 aromatic rings. The summed E-state index contributed by atoms with van der Waals surface area (Å²) in [6.07, 6.45) is 0.960. The van der Waals surface area contributed by atoms with Crippen molar-refractivity contribution in [1.82, 2.24) is 0 Å². The summed E-state index contributed by atoms with van der Waals surface area (Å²) in [6, 6.07) is 3.20. The van der Waals surface area contributed by atoms with E-state index in [4.69, 9.17) is 16.3 Å². The lowest BCUT2D eigenvalue weighted by molar-refractivity contribution is 0.101. The highest BCUT2D eigenvalue weighted by atomic mass is 35.5. The molecule has 0 aliphatic heterocycles. The predicted molar refractivity (Wildman–Crippen MR) is 75.8 cm³/mol. The molecule has 1 rings (SSSR count). The average molecular weight is 289 g/mol. The SMILES string of the molecule is COCCCSCc1cc(Cl)cc(C(C)=O)c1O. The number of halogens is 1. The summed E-state index contributed by atoms with van der Waals surface area (Å²) in [5.41, 5.74) is 0.991. The highest BCUT2D eigenvalue weighted by Gasteiger charge is 2.12. The van der Waals surface area contributed by atoms with Crippen molar-refractivity contribution in [3.63, 3.8) is 0 Å². The van der Waals surface area contributed by atoms with E-state index in [2.05, 4.69) is 0 Å². The van der Waals surface area contributed by atoms with Gasteiger partial charge >= 0.3 is 0 Å². The molecule has 0 radical (unpaired) electrons. The fourth-order valence-corrected chi connectivity index (χ4v) is 2.67. The van der Waals surface area contributed by atoms with Crippen LogP contribution in [-0.2, 0) is 10.5 Å². The molecule has 18 heavy (non-hydrogen) atoms. The number of rotatable bonds is 7. The fourth-order valence-electron chi connectivity index (χ4n) is 1.52. The summed E-state index contributed by atoms with van der Waals surface area (Å²) in [5, 5.41) is 10.4. The van der Waals surface area contributed by atoms with Gasteiger partial charge < -0.3 is 9.84 Å². The second-order valence-electron chi connectivity index (χ2n) is 3.92. The first kappa shape index (κ1) is 15.3. The number of carbonyl (C=O) groups is 1. The Kier molecular flexibility index (Phi) is 6.54. The molecule has 0 spiro atoms. The van der Waals surface area contributed by atoms with Crippen LogP contribution in [0.4, 0.5) is 0 Å². The Labute approximate surface area is 116 Å². The molecule has 0 bridgehead atoms. The van der Waals surface area contributed by atoms with Crippen LogP contribution < -0.4 is 0 Å². The van der Waals surface area contributed by atoms with Crippen molar-refractivity contribution in [2.75, 3.05) is 19.5 Å². The fraction of sp³-hybridized carbons (Fsp3) is 0.462. The summed E-state index contributed by atoms with van der Waals surface area (Å²) in [4.78, 5) is 11.3. The van der Waals surface area contributed by atoms with Crippen molar-refractivity contribution in [3.8, 4) is 5.75 Å². The third kappa shape index (κ3) is 4.52. The van der Waals surface area contributed by atoms with Crippen LogP contribution in [0, 0.1) is 0 Å². The molecular formula is C13H17ClO3S. The van der Waals surface area contributed by atoms with Gasteiger partial charge in [0.2, 0.25) is 0 Å². The second-order valence-corrected chi connectivity index (χ2v) is 5.46. The van der Waals surface area contributed by atoms with Crippen molar-refractivity contribution >= 4 is 29.1 Å². The minimum Gasteiger partial charge on any atom is -0.507 e. The molecule has 100 valence electrons. The molecule has 0 aliphatic carbocycles. The van der Waals surface area contributed by atoms with Gasteiger partial charge in [-0.05, 0) is 31.2 Å². The standard InChI is InChI=1S/C13H17ClO3S/c1-9(15)12-7-11(14)6-10(13(12)16)8-18-5-3-4-17-2/h6-7,16H,3-5,8H2,1-2H3. The third-order valence-electron chi connectivity index (χ3n) is 2.43. The van der Waals surface area contributed by atoms with Crippen LogP contribution in [0.3, 0.4) is 0 Å². The zero-order valence-corrected chi connectivity index (χ0v) is 12.1. The number of carbonyl (C=O) groups excluding carboxylic acids is 1. The molecule has 0 saturated heterocycles. The summed E-state index contributed by atoms with van der Waals surface area (Å²) in [7, 11) is 1.67. The zero-order chi connectivity index (χ0) is 13.5. The van der Waals surface area contributed by atoms with Crippen LogP contribution in [0.25, 0.3) is 0 Å². The molecular weight excluding hydrogens is 272 g/mol. The molecule has 0 atom stereocenters. The Morgan fingerprint density at radius 3 is 2.83 bits per heavy atom. The lowest BCUT2D eigenvalue weighted by Gasteiger charge is -2.09. The predicted octanol–water partition coefficient (Wildman–Crippen LogP) is 3.52. The number of hydrogen-bond acceptors (Lipinski definition) is 4. The van der Waals surface area contributed by atoms with E-state index in [9.17, 15) is 9.90 Å². The molecule has 0 fully saturated rings. The molecule has 0 unspecified atom stereocenters. The van der Waals surface area contributed by atoms with Gasteiger partial charge in [-0.2, -0.15) is 11.8 Å². The topological polar surface area (TPSA) is 46.5 Å². The maximum Gasteiger partial charge on any atom is 0.163 e. The number of Topliss-reactive ketones (excluding diaryl/α,β-unsaturated/α-hetero) is 1. The molecule has 0 saturated carbocycles. The van der Waals surface area contributed by atoms with E-state index in [0.717, 1.165) is 18.8 Å². The van der Waals surface area contributed by atoms with Gasteiger partial charge in [-0.3, -0.25) is 4.79 Å². The van der Waals surface area contributed by atoms with E-state index in [-0.39, 0.29) is 17.1 Å². The van der Waals surface area contributed by atoms with Gasteiger partial charge in [-0.1, -0.05) is 11.6 Å². The first-order valence-electron chi connectivity index (χ1n) is 5.65. The first-order chi connectivity index (χ1) is 8.56. The van der Waals surface area contributed by atoms with Crippen LogP contribution in [0.15, 0.2) is 12.1 Å². The van der Waals surface area contributed by atoms with E-state index >= 15 is 0 Å². The number of aromatic hydroxyl groups is 1. The molecule has 1 aromatic carbocycles. The summed E-state index contributed by atoms with van der Waals surface area (Å²) in [6.45, 7) is 2.15. The number of phenols is 1. The highest BCUT2D eigenvalue weighted by Crippen LogP contribution is 2.30. The van der Waals surface area contributed by atoms with E-state index in [1.807, 2.05) is 0 Å². The maximum atomic E-state index is 11.3. The lowest BCUT2D eigenvalue weighted by atomic mass is 10.1. The second kappa shape index (κ2) is 7.67. The van der Waals surface area contributed by atoms with Crippen molar-refractivity contribution in [2.24, 2.45) is 0 Å². The van der Waals surface area contributed by atoms with Crippen LogP contribution in [0.5, 0.6) is 5.75 Å². The molecule has 5 heteroatoms. The zero-order valence-electron chi connectivity index (χ0n) is 10.5. The number of benzene rings is 1. The molecule has 3 nitrogen and oxygen atoms in total. The Morgan fingerprint density at radius 1 is 1.50 bits per heavy atom. The molecule has 1 N–H and O–H groups in total. The van der Waals surface area contributed by atoms with Crippen molar-refractivity contribution in [2.45, 2.75) is 19.1 Å². The van der Waals surface area contributed by atoms with Gasteiger partial charge in [0, 0.05) is 30.1 Å². The van der Waals surface area contributed by atoms with Crippen LogP contribution in [0.1, 0.15) is 29.3 Å². The highest BCUT2D eigenvalue weighted by molar-refractivity contribution is 7.98. The number of ether oxygens (including phenoxy) is 1. The smallest absolute Gasteiger partial charge is 0.163 e. The average Bonchev–Trinajstić information content (AvgIpc) is 2.32. The van der Waals surface area contributed by atoms with Gasteiger partial charge in [-0.25, -0.2) is 0 Å². The number of phenolic OH excluding ortho intramolecular Hbond substituents is 1. The molecule has 0 heterocycles. The third-order valence-corrected chi connectivity index (χ3v) is 3.74. The summed E-state index contributed by atoms with van der Waals surface area (Å²) < 4.78 is 4.96. The van der Waals surface area contributed by atoms with Crippen LogP contribution in [0.2, 0.25) is 5.02 Å². The van der Waals surface area contributed by atoms with Crippen molar-refractivity contribution in [3.05, 3.63) is 28.3 Å². The number of ketones is 1. The number of methoxy groups -OCH3 is 1. The van der Waals surface area contributed by atoms with Crippen LogP contribution >= 0.6 is 23.4 Å². The maximum absolute atomic E-state index is 11.3. The largest absolute Gasteiger partial charge is 0.507 e. The van der Waals surface area contributed by atoms with E-state index in [1.54, 1.807) is 24.9 Å². The van der Waals surface area contributed by atoms with Gasteiger partial charge in [0.05, 0.1) is 5.56 Å². The Balaban J connectivity index is 2.68. The quantitative estimate of drug-likeness (QED) is 0.616. The lowest BCUT2D eigenvalue weighted by Crippen LogP contribution is -1.97. The molecule has 0 aliphatic rings. The number of thioether (sulfide) groups is 1. The van der Waals surface area contributed by atoms with Gasteiger partial charge in [0.15, 0.2) is 5.78 Å². The number of hydrogen-bond donors (Lipinski definition) is 1. The van der Waals surface area contributed by atoms with Gasteiger partial charge in [-0.15, -0.1) is 0 Å². The summed E-state index contributed by atoms with van der Waals surface area (Å²) >= 11 is 7.62. The van der Waals surface area contributed by atoms with E-state index in [1.165, 1.54) is 13.0 Å². The first-order valence-corrected chi connectivity index (χ1v) is 7.18. The monoisotopic (exact) mass is 288 g/mol. The Bertz CT molecular complexity index is 421. The van der Waals surface area contributed by atoms with Gasteiger partial charge in [0.1, 0.15) is 5.75 Å². The van der Waals surface area contributed by atoms with Crippen LogP contribution in [-0.4, -0.2) is 30.4 Å². The Morgan fingerprint density at radius 2 is 2.22 bits per heavy atom. The normalized spacial score (nSPS) is 10.6. The minimum atomic E-state index is -0.180. The minimum absolute atomic E-state index is 0.0474.